The Morgan fingerprint density at radius 1 is 1.03 bits per heavy atom. The predicted octanol–water partition coefficient (Wildman–Crippen LogP) is 4.52. The van der Waals surface area contributed by atoms with Crippen LogP contribution in [0.3, 0.4) is 0 Å². The fraction of sp³-hybridized carbons (Fsp3) is 0.269. The SMILES string of the molecule is CN1C(=O)N(c2ccccc2)[C@H](c2ccc(CO)cc2O)[C@@H]1CC[C@H](O)c1ccc(F)cc1. The van der Waals surface area contributed by atoms with Crippen molar-refractivity contribution in [1.82, 2.24) is 4.90 Å². The van der Waals surface area contributed by atoms with E-state index in [1.807, 2.05) is 30.3 Å². The van der Waals surface area contributed by atoms with Gasteiger partial charge in [-0.1, -0.05) is 42.5 Å². The predicted molar refractivity (Wildman–Crippen MR) is 123 cm³/mol. The van der Waals surface area contributed by atoms with E-state index in [0.717, 1.165) is 0 Å². The number of hydrogen-bond acceptors (Lipinski definition) is 4. The molecule has 33 heavy (non-hydrogen) atoms. The average molecular weight is 451 g/mol. The highest BCUT2D eigenvalue weighted by atomic mass is 19.1. The maximum absolute atomic E-state index is 13.3. The molecule has 3 aromatic carbocycles. The first-order valence-corrected chi connectivity index (χ1v) is 10.9. The Kier molecular flexibility index (Phi) is 6.62. The number of para-hydroxylation sites is 1. The van der Waals surface area contributed by atoms with Crippen LogP contribution in [0.2, 0.25) is 0 Å². The van der Waals surface area contributed by atoms with E-state index in [0.29, 0.717) is 35.2 Å². The number of hydrogen-bond donors (Lipinski definition) is 3. The molecule has 0 aliphatic carbocycles. The fourth-order valence-electron chi connectivity index (χ4n) is 4.49. The lowest BCUT2D eigenvalue weighted by molar-refractivity contribution is 0.148. The van der Waals surface area contributed by atoms with Crippen LogP contribution in [-0.4, -0.2) is 39.3 Å². The summed E-state index contributed by atoms with van der Waals surface area (Å²) in [6.45, 7) is -0.201. The van der Waals surface area contributed by atoms with Crippen LogP contribution in [0.25, 0.3) is 0 Å². The Morgan fingerprint density at radius 2 is 1.73 bits per heavy atom. The zero-order valence-electron chi connectivity index (χ0n) is 18.3. The smallest absolute Gasteiger partial charge is 0.325 e. The molecule has 1 aliphatic rings. The van der Waals surface area contributed by atoms with E-state index in [9.17, 15) is 24.5 Å². The normalized spacial score (nSPS) is 19.2. The van der Waals surface area contributed by atoms with Gasteiger partial charge in [-0.3, -0.25) is 4.90 Å². The number of amides is 2. The number of carbonyl (C=O) groups is 1. The van der Waals surface area contributed by atoms with Gasteiger partial charge in [0.2, 0.25) is 0 Å². The standard InChI is InChI=1S/C26H27FN2O4/c1-28-22(13-14-23(31)18-8-10-19(27)11-9-18)25(21-12-7-17(16-30)15-24(21)32)29(26(28)33)20-5-3-2-4-6-20/h2-12,15,22-23,25,30-32H,13-14,16H2,1H3/t22-,23-,25+/m0/s1. The highest BCUT2D eigenvalue weighted by Gasteiger charge is 2.46. The molecule has 2 amide bonds. The Morgan fingerprint density at radius 3 is 2.36 bits per heavy atom. The minimum Gasteiger partial charge on any atom is -0.508 e. The van der Waals surface area contributed by atoms with Crippen molar-refractivity contribution in [3.8, 4) is 5.75 Å². The van der Waals surface area contributed by atoms with Crippen LogP contribution in [0.1, 0.15) is 41.7 Å². The van der Waals surface area contributed by atoms with Gasteiger partial charge in [-0.25, -0.2) is 9.18 Å². The number of aliphatic hydroxyl groups excluding tert-OH is 2. The van der Waals surface area contributed by atoms with Gasteiger partial charge < -0.3 is 20.2 Å². The highest BCUT2D eigenvalue weighted by molar-refractivity contribution is 5.95. The van der Waals surface area contributed by atoms with Crippen molar-refractivity contribution in [2.45, 2.75) is 37.6 Å². The largest absolute Gasteiger partial charge is 0.508 e. The number of urea groups is 1. The molecule has 3 atom stereocenters. The van der Waals surface area contributed by atoms with Crippen molar-refractivity contribution in [3.05, 3.63) is 95.3 Å². The molecule has 1 heterocycles. The molecule has 3 N–H and O–H groups in total. The molecule has 0 spiro atoms. The van der Waals surface area contributed by atoms with Crippen molar-refractivity contribution in [1.29, 1.82) is 0 Å². The number of phenolic OH excluding ortho intramolecular Hbond substituents is 1. The van der Waals surface area contributed by atoms with Gasteiger partial charge >= 0.3 is 6.03 Å². The summed E-state index contributed by atoms with van der Waals surface area (Å²) in [4.78, 5) is 16.6. The number of nitrogens with zero attached hydrogens (tertiary/aromatic N) is 2. The van der Waals surface area contributed by atoms with Crippen LogP contribution in [0.15, 0.2) is 72.8 Å². The molecule has 1 saturated heterocycles. The van der Waals surface area contributed by atoms with E-state index in [-0.39, 0.29) is 30.2 Å². The number of carbonyl (C=O) groups excluding carboxylic acids is 1. The molecule has 0 unspecified atom stereocenters. The Labute approximate surface area is 192 Å². The monoisotopic (exact) mass is 450 g/mol. The third-order valence-corrected chi connectivity index (χ3v) is 6.27. The van der Waals surface area contributed by atoms with E-state index < -0.39 is 12.1 Å². The molecule has 1 aliphatic heterocycles. The molecule has 6 nitrogen and oxygen atoms in total. The third kappa shape index (κ3) is 4.55. The van der Waals surface area contributed by atoms with Gasteiger partial charge in [-0.2, -0.15) is 0 Å². The van der Waals surface area contributed by atoms with Crippen LogP contribution in [0, 0.1) is 5.82 Å². The van der Waals surface area contributed by atoms with E-state index in [1.54, 1.807) is 41.1 Å². The second-order valence-corrected chi connectivity index (χ2v) is 8.31. The Bertz CT molecular complexity index is 1110. The lowest BCUT2D eigenvalue weighted by atomic mass is 9.91. The molecule has 172 valence electrons. The molecule has 0 saturated carbocycles. The van der Waals surface area contributed by atoms with Gasteiger partial charge in [0.1, 0.15) is 11.6 Å². The molecule has 0 aromatic heterocycles. The minimum absolute atomic E-state index is 0.000311. The first-order valence-electron chi connectivity index (χ1n) is 10.9. The lowest BCUT2D eigenvalue weighted by Crippen LogP contribution is -2.31. The Hall–Kier alpha value is -3.42. The zero-order chi connectivity index (χ0) is 23.5. The van der Waals surface area contributed by atoms with Crippen molar-refractivity contribution < 1.29 is 24.5 Å². The number of anilines is 1. The van der Waals surface area contributed by atoms with Crippen LogP contribution in [-0.2, 0) is 6.61 Å². The minimum atomic E-state index is -0.814. The molecular weight excluding hydrogens is 423 g/mol. The number of rotatable bonds is 7. The van der Waals surface area contributed by atoms with Crippen LogP contribution >= 0.6 is 0 Å². The van der Waals surface area contributed by atoms with Crippen molar-refractivity contribution in [2.24, 2.45) is 0 Å². The van der Waals surface area contributed by atoms with Crippen molar-refractivity contribution in [3.63, 3.8) is 0 Å². The summed E-state index contributed by atoms with van der Waals surface area (Å²) in [6, 6.07) is 18.9. The Balaban J connectivity index is 1.67. The molecular formula is C26H27FN2O4. The average Bonchev–Trinajstić information content (AvgIpc) is 3.08. The third-order valence-electron chi connectivity index (χ3n) is 6.27. The molecule has 0 radical (unpaired) electrons. The van der Waals surface area contributed by atoms with Gasteiger partial charge in [-0.15, -0.1) is 0 Å². The lowest BCUT2D eigenvalue weighted by Gasteiger charge is -2.29. The summed E-state index contributed by atoms with van der Waals surface area (Å²) in [5.74, 6) is -0.368. The van der Waals surface area contributed by atoms with E-state index in [1.165, 1.54) is 18.2 Å². The first kappa shape index (κ1) is 22.8. The fourth-order valence-corrected chi connectivity index (χ4v) is 4.49. The van der Waals surface area contributed by atoms with E-state index in [2.05, 4.69) is 0 Å². The summed E-state index contributed by atoms with van der Waals surface area (Å²) < 4.78 is 13.2. The molecule has 0 bridgehead atoms. The number of halogens is 1. The summed E-state index contributed by atoms with van der Waals surface area (Å²) in [5.41, 5.74) is 2.44. The van der Waals surface area contributed by atoms with Gasteiger partial charge in [0, 0.05) is 18.3 Å². The number of likely N-dealkylation sites (N-methyl/N-ethyl adjacent to an activating group) is 1. The van der Waals surface area contributed by atoms with Gasteiger partial charge in [0.05, 0.1) is 24.8 Å². The second kappa shape index (κ2) is 9.60. The van der Waals surface area contributed by atoms with Crippen LogP contribution in [0.5, 0.6) is 5.75 Å². The maximum atomic E-state index is 13.3. The molecule has 7 heteroatoms. The summed E-state index contributed by atoms with van der Waals surface area (Å²) in [6.07, 6.45) is -0.00992. The summed E-state index contributed by atoms with van der Waals surface area (Å²) >= 11 is 0. The quantitative estimate of drug-likeness (QED) is 0.494. The first-order chi connectivity index (χ1) is 15.9. The van der Waals surface area contributed by atoms with Gasteiger partial charge in [0.25, 0.3) is 0 Å². The highest BCUT2D eigenvalue weighted by Crippen LogP contribution is 2.43. The van der Waals surface area contributed by atoms with Gasteiger partial charge in [0.15, 0.2) is 0 Å². The molecule has 4 rings (SSSR count). The zero-order valence-corrected chi connectivity index (χ0v) is 18.3. The summed E-state index contributed by atoms with van der Waals surface area (Å²) in [7, 11) is 1.71. The van der Waals surface area contributed by atoms with Crippen molar-refractivity contribution >= 4 is 11.7 Å². The number of benzene rings is 3. The summed E-state index contributed by atoms with van der Waals surface area (Å²) in [5, 5.41) is 30.9. The maximum Gasteiger partial charge on any atom is 0.325 e. The van der Waals surface area contributed by atoms with Crippen molar-refractivity contribution in [2.75, 3.05) is 11.9 Å². The van der Waals surface area contributed by atoms with E-state index >= 15 is 0 Å². The number of aliphatic hydroxyl groups is 2. The topological polar surface area (TPSA) is 84.2 Å². The van der Waals surface area contributed by atoms with Gasteiger partial charge in [-0.05, 0) is 54.3 Å². The molecule has 1 fully saturated rings. The van der Waals surface area contributed by atoms with Crippen LogP contribution in [0.4, 0.5) is 14.9 Å². The van der Waals surface area contributed by atoms with E-state index in [4.69, 9.17) is 0 Å². The number of phenols is 1. The number of aromatic hydroxyl groups is 1. The second-order valence-electron chi connectivity index (χ2n) is 8.31. The molecule has 3 aromatic rings. The van der Waals surface area contributed by atoms with Crippen LogP contribution < -0.4 is 4.90 Å².